The van der Waals surface area contributed by atoms with Gasteiger partial charge in [-0.2, -0.15) is 0 Å². The number of aromatic nitrogens is 1. The molecule has 0 aliphatic rings. The van der Waals surface area contributed by atoms with Gasteiger partial charge in [0.1, 0.15) is 5.82 Å². The monoisotopic (exact) mass is 321 g/mol. The first-order valence-corrected chi connectivity index (χ1v) is 8.22. The lowest BCUT2D eigenvalue weighted by Gasteiger charge is -2.05. The molecule has 118 valence electrons. The van der Waals surface area contributed by atoms with Crippen LogP contribution < -0.4 is 11.1 Å². The predicted octanol–water partition coefficient (Wildman–Crippen LogP) is 2.94. The molecule has 3 N–H and O–H groups in total. The molecule has 0 aliphatic heterocycles. The molecular formula is C16H20FN3OS. The zero-order chi connectivity index (χ0) is 15.8. The number of nitrogens with one attached hydrogen (secondary N) is 1. The molecule has 1 heterocycles. The number of nitrogens with zero attached hydrogens (tertiary/aromatic N) is 1. The van der Waals surface area contributed by atoms with Gasteiger partial charge in [-0.3, -0.25) is 4.79 Å². The Morgan fingerprint density at radius 2 is 2.00 bits per heavy atom. The number of nitrogen functional groups attached to an aromatic ring is 1. The maximum absolute atomic E-state index is 12.8. The highest BCUT2D eigenvalue weighted by molar-refractivity contribution is 7.13. The van der Waals surface area contributed by atoms with Crippen LogP contribution in [0, 0.1) is 5.82 Å². The number of carbonyl (C=O) groups is 1. The number of thiazole rings is 1. The largest absolute Gasteiger partial charge is 0.375 e. The molecule has 1 amide bonds. The van der Waals surface area contributed by atoms with Crippen LogP contribution in [0.4, 0.5) is 9.52 Å². The molecule has 22 heavy (non-hydrogen) atoms. The molecule has 0 atom stereocenters. The first kappa shape index (κ1) is 16.4. The first-order valence-electron chi connectivity index (χ1n) is 7.34. The molecule has 0 fully saturated rings. The van der Waals surface area contributed by atoms with E-state index >= 15 is 0 Å². The number of carbonyl (C=O) groups excluding carboxylic acids is 1. The molecule has 0 saturated carbocycles. The van der Waals surface area contributed by atoms with Crippen molar-refractivity contribution in [2.45, 2.75) is 32.1 Å². The lowest BCUT2D eigenvalue weighted by Crippen LogP contribution is -2.24. The Labute approximate surface area is 133 Å². The Kier molecular flexibility index (Phi) is 6.33. The average Bonchev–Trinajstić information content (AvgIpc) is 2.91. The van der Waals surface area contributed by atoms with Crippen molar-refractivity contribution in [1.29, 1.82) is 0 Å². The van der Waals surface area contributed by atoms with Crippen LogP contribution >= 0.6 is 11.3 Å². The Bertz CT molecular complexity index is 598. The van der Waals surface area contributed by atoms with Gasteiger partial charge in [-0.05, 0) is 43.4 Å². The van der Waals surface area contributed by atoms with E-state index < -0.39 is 0 Å². The number of hydrogen-bond donors (Lipinski definition) is 2. The van der Waals surface area contributed by atoms with Crippen LogP contribution in [0.25, 0.3) is 0 Å². The number of rotatable bonds is 8. The molecule has 0 spiro atoms. The molecule has 0 radical (unpaired) electrons. The van der Waals surface area contributed by atoms with Crippen LogP contribution in [0.5, 0.6) is 0 Å². The van der Waals surface area contributed by atoms with Crippen LogP contribution in [0.15, 0.2) is 29.6 Å². The Hall–Kier alpha value is -1.95. The minimum atomic E-state index is -0.233. The lowest BCUT2D eigenvalue weighted by atomic mass is 10.1. The van der Waals surface area contributed by atoms with E-state index in [9.17, 15) is 9.18 Å². The molecule has 0 unspecified atom stereocenters. The third-order valence-electron chi connectivity index (χ3n) is 3.28. The van der Waals surface area contributed by atoms with Gasteiger partial charge in [0, 0.05) is 18.3 Å². The molecule has 0 aliphatic carbocycles. The summed E-state index contributed by atoms with van der Waals surface area (Å²) in [6.45, 7) is 0.646. The molecule has 4 nitrogen and oxygen atoms in total. The molecule has 1 aromatic heterocycles. The zero-order valence-corrected chi connectivity index (χ0v) is 13.2. The molecule has 2 rings (SSSR count). The van der Waals surface area contributed by atoms with Gasteiger partial charge in [-0.1, -0.05) is 12.1 Å². The molecule has 0 saturated heterocycles. The van der Waals surface area contributed by atoms with Crippen molar-refractivity contribution in [2.24, 2.45) is 0 Å². The van der Waals surface area contributed by atoms with E-state index in [1.165, 1.54) is 23.5 Å². The minimum absolute atomic E-state index is 0.0555. The summed E-state index contributed by atoms with van der Waals surface area (Å²) in [4.78, 5) is 15.9. The summed E-state index contributed by atoms with van der Waals surface area (Å²) < 4.78 is 12.8. The SMILES string of the molecule is Nc1nc(CCCNC(=O)CCCc2ccc(F)cc2)cs1. The van der Waals surface area contributed by atoms with Crippen LogP contribution in [0.1, 0.15) is 30.5 Å². The van der Waals surface area contributed by atoms with Crippen LogP contribution in [0.3, 0.4) is 0 Å². The van der Waals surface area contributed by atoms with Crippen LogP contribution in [-0.2, 0) is 17.6 Å². The van der Waals surface area contributed by atoms with Crippen molar-refractivity contribution >= 4 is 22.4 Å². The van der Waals surface area contributed by atoms with Gasteiger partial charge in [-0.25, -0.2) is 9.37 Å². The Morgan fingerprint density at radius 1 is 1.23 bits per heavy atom. The summed E-state index contributed by atoms with van der Waals surface area (Å²) in [5.74, 6) is -0.178. The Morgan fingerprint density at radius 3 is 2.68 bits per heavy atom. The molecule has 2 aromatic rings. The summed E-state index contributed by atoms with van der Waals surface area (Å²) >= 11 is 1.43. The van der Waals surface area contributed by atoms with Gasteiger partial charge in [-0.15, -0.1) is 11.3 Å². The number of halogens is 1. The third kappa shape index (κ3) is 5.81. The molecule has 0 bridgehead atoms. The van der Waals surface area contributed by atoms with E-state index in [0.29, 0.717) is 18.1 Å². The van der Waals surface area contributed by atoms with Gasteiger partial charge in [0.25, 0.3) is 0 Å². The second kappa shape index (κ2) is 8.48. The van der Waals surface area contributed by atoms with E-state index in [2.05, 4.69) is 10.3 Å². The van der Waals surface area contributed by atoms with E-state index in [1.54, 1.807) is 12.1 Å². The highest BCUT2D eigenvalue weighted by atomic mass is 32.1. The van der Waals surface area contributed by atoms with Gasteiger partial charge >= 0.3 is 0 Å². The fraction of sp³-hybridized carbons (Fsp3) is 0.375. The van der Waals surface area contributed by atoms with E-state index in [4.69, 9.17) is 5.73 Å². The fourth-order valence-electron chi connectivity index (χ4n) is 2.13. The average molecular weight is 321 g/mol. The standard InChI is InChI=1S/C16H20FN3OS/c17-13-8-6-12(7-9-13)3-1-5-15(21)19-10-2-4-14-11-22-16(18)20-14/h6-9,11H,1-5,10H2,(H2,18,20)(H,19,21). The fourth-order valence-corrected chi connectivity index (χ4v) is 2.72. The summed E-state index contributed by atoms with van der Waals surface area (Å²) in [5, 5.41) is 5.43. The van der Waals surface area contributed by atoms with Crippen molar-refractivity contribution in [3.63, 3.8) is 0 Å². The second-order valence-electron chi connectivity index (χ2n) is 5.11. The van der Waals surface area contributed by atoms with Crippen LogP contribution in [0.2, 0.25) is 0 Å². The van der Waals surface area contributed by atoms with Crippen molar-refractivity contribution < 1.29 is 9.18 Å². The van der Waals surface area contributed by atoms with Gasteiger partial charge in [0.2, 0.25) is 5.91 Å². The summed E-state index contributed by atoms with van der Waals surface area (Å²) in [6, 6.07) is 6.40. The third-order valence-corrected chi connectivity index (χ3v) is 4.01. The topological polar surface area (TPSA) is 68.0 Å². The molecule has 1 aromatic carbocycles. The summed E-state index contributed by atoms with van der Waals surface area (Å²) in [5.41, 5.74) is 7.59. The summed E-state index contributed by atoms with van der Waals surface area (Å²) in [7, 11) is 0. The normalized spacial score (nSPS) is 10.6. The quantitative estimate of drug-likeness (QED) is 0.735. The zero-order valence-electron chi connectivity index (χ0n) is 12.3. The maximum atomic E-state index is 12.8. The van der Waals surface area contributed by atoms with E-state index in [1.807, 2.05) is 5.38 Å². The second-order valence-corrected chi connectivity index (χ2v) is 6.00. The van der Waals surface area contributed by atoms with Crippen molar-refractivity contribution in [1.82, 2.24) is 10.3 Å². The smallest absolute Gasteiger partial charge is 0.220 e. The van der Waals surface area contributed by atoms with Crippen molar-refractivity contribution in [3.05, 3.63) is 46.7 Å². The van der Waals surface area contributed by atoms with Crippen molar-refractivity contribution in [2.75, 3.05) is 12.3 Å². The number of anilines is 1. The maximum Gasteiger partial charge on any atom is 0.220 e. The summed E-state index contributed by atoms with van der Waals surface area (Å²) in [6.07, 6.45) is 3.71. The minimum Gasteiger partial charge on any atom is -0.375 e. The molecular weight excluding hydrogens is 301 g/mol. The number of benzene rings is 1. The predicted molar refractivity (Wildman–Crippen MR) is 87.2 cm³/mol. The highest BCUT2D eigenvalue weighted by Gasteiger charge is 2.03. The number of aryl methyl sites for hydroxylation is 2. The Balaban J connectivity index is 1.55. The number of nitrogens with two attached hydrogens (primary N) is 1. The van der Waals surface area contributed by atoms with Gasteiger partial charge < -0.3 is 11.1 Å². The van der Waals surface area contributed by atoms with Gasteiger partial charge in [0.05, 0.1) is 5.69 Å². The number of hydrogen-bond acceptors (Lipinski definition) is 4. The van der Waals surface area contributed by atoms with Crippen molar-refractivity contribution in [3.8, 4) is 0 Å². The number of amides is 1. The first-order chi connectivity index (χ1) is 10.6. The van der Waals surface area contributed by atoms with Crippen LogP contribution in [-0.4, -0.2) is 17.4 Å². The lowest BCUT2D eigenvalue weighted by molar-refractivity contribution is -0.121. The van der Waals surface area contributed by atoms with E-state index in [0.717, 1.165) is 36.9 Å². The molecule has 6 heteroatoms. The highest BCUT2D eigenvalue weighted by Crippen LogP contribution is 2.12. The van der Waals surface area contributed by atoms with Gasteiger partial charge in [0.15, 0.2) is 5.13 Å². The van der Waals surface area contributed by atoms with E-state index in [-0.39, 0.29) is 11.7 Å².